The molecule has 158 valence electrons. The second kappa shape index (κ2) is 9.66. The normalized spacial score (nSPS) is 16.0. The fourth-order valence-corrected chi connectivity index (χ4v) is 4.24. The fraction of sp³-hybridized carbons (Fsp3) is 0.421. The third-order valence-electron chi connectivity index (χ3n) is 4.47. The first kappa shape index (κ1) is 22.6. The van der Waals surface area contributed by atoms with Gasteiger partial charge in [0.15, 0.2) is 6.10 Å². The number of carbonyl (C=O) groups is 3. The van der Waals surface area contributed by atoms with Gasteiger partial charge in [-0.15, -0.1) is 6.58 Å². The maximum absolute atomic E-state index is 12.9. The van der Waals surface area contributed by atoms with Gasteiger partial charge in [-0.25, -0.2) is 13.2 Å². The van der Waals surface area contributed by atoms with Crippen molar-refractivity contribution in [2.45, 2.75) is 24.8 Å². The highest BCUT2D eigenvalue weighted by Gasteiger charge is 2.30. The summed E-state index contributed by atoms with van der Waals surface area (Å²) in [6, 6.07) is 5.48. The van der Waals surface area contributed by atoms with E-state index in [9.17, 15) is 22.8 Å². The molecule has 9 nitrogen and oxygen atoms in total. The molecule has 2 amide bonds. The minimum absolute atomic E-state index is 0.0248. The van der Waals surface area contributed by atoms with Crippen LogP contribution >= 0.6 is 0 Å². The van der Waals surface area contributed by atoms with Crippen LogP contribution in [0.1, 0.15) is 24.2 Å². The molecule has 0 unspecified atom stereocenters. The molecule has 1 aromatic rings. The van der Waals surface area contributed by atoms with Gasteiger partial charge in [0.25, 0.3) is 5.91 Å². The van der Waals surface area contributed by atoms with Gasteiger partial charge in [-0.05, 0) is 25.1 Å². The molecule has 1 aliphatic heterocycles. The van der Waals surface area contributed by atoms with E-state index in [1.54, 1.807) is 4.90 Å². The van der Waals surface area contributed by atoms with Crippen molar-refractivity contribution < 1.29 is 27.5 Å². The molecular weight excluding hydrogens is 398 g/mol. The zero-order valence-electron chi connectivity index (χ0n) is 16.5. The third kappa shape index (κ3) is 5.64. The van der Waals surface area contributed by atoms with Crippen molar-refractivity contribution in [1.82, 2.24) is 14.5 Å². The Hall–Kier alpha value is -2.72. The van der Waals surface area contributed by atoms with Crippen LogP contribution in [0, 0.1) is 0 Å². The first-order chi connectivity index (χ1) is 13.7. The summed E-state index contributed by atoms with van der Waals surface area (Å²) >= 11 is 0. The molecule has 10 heteroatoms. The van der Waals surface area contributed by atoms with Gasteiger partial charge in [0.1, 0.15) is 0 Å². The quantitative estimate of drug-likeness (QED) is 0.501. The zero-order chi connectivity index (χ0) is 21.6. The lowest BCUT2D eigenvalue weighted by Crippen LogP contribution is -2.49. The standard InChI is InChI=1S/C19H25N3O6S/c1-4-8-20-18(24)14(2)28-19(25)16-6-5-7-17(13-16)29(26,27)22-11-9-21(10-12-22)15(3)23/h4-7,13-14H,1,8-12H2,2-3H3,(H,20,24)/t14-/m0/s1. The first-order valence-corrected chi connectivity index (χ1v) is 10.6. The van der Waals surface area contributed by atoms with Crippen LogP contribution < -0.4 is 5.32 Å². The molecule has 1 saturated heterocycles. The molecule has 29 heavy (non-hydrogen) atoms. The van der Waals surface area contributed by atoms with Gasteiger partial charge in [-0.3, -0.25) is 9.59 Å². The van der Waals surface area contributed by atoms with Crippen LogP contribution in [0.4, 0.5) is 0 Å². The molecule has 2 rings (SSSR count). The predicted molar refractivity (Wildman–Crippen MR) is 106 cm³/mol. The lowest BCUT2D eigenvalue weighted by atomic mass is 10.2. The third-order valence-corrected chi connectivity index (χ3v) is 6.36. The molecule has 0 bridgehead atoms. The Kier molecular flexibility index (Phi) is 7.52. The predicted octanol–water partition coefficient (Wildman–Crippen LogP) is 0.387. The molecule has 1 aromatic carbocycles. The van der Waals surface area contributed by atoms with Gasteiger partial charge >= 0.3 is 5.97 Å². The summed E-state index contributed by atoms with van der Waals surface area (Å²) in [6.07, 6.45) is 0.458. The van der Waals surface area contributed by atoms with E-state index in [1.807, 2.05) is 0 Å². The average Bonchev–Trinajstić information content (AvgIpc) is 2.71. The van der Waals surface area contributed by atoms with Crippen molar-refractivity contribution in [2.24, 2.45) is 0 Å². The largest absolute Gasteiger partial charge is 0.449 e. The van der Waals surface area contributed by atoms with Crippen molar-refractivity contribution in [3.8, 4) is 0 Å². The number of rotatable bonds is 7. The Morgan fingerprint density at radius 1 is 1.24 bits per heavy atom. The van der Waals surface area contributed by atoms with Gasteiger partial charge < -0.3 is 15.0 Å². The summed E-state index contributed by atoms with van der Waals surface area (Å²) in [6.45, 7) is 7.57. The highest BCUT2D eigenvalue weighted by Crippen LogP contribution is 2.19. The molecule has 0 saturated carbocycles. The van der Waals surface area contributed by atoms with Crippen LogP contribution in [0.3, 0.4) is 0 Å². The maximum Gasteiger partial charge on any atom is 0.338 e. The van der Waals surface area contributed by atoms with E-state index in [-0.39, 0.29) is 36.0 Å². The monoisotopic (exact) mass is 423 g/mol. The number of nitrogens with one attached hydrogen (secondary N) is 1. The Morgan fingerprint density at radius 2 is 1.90 bits per heavy atom. The summed E-state index contributed by atoms with van der Waals surface area (Å²) in [5.41, 5.74) is 0.0248. The zero-order valence-corrected chi connectivity index (χ0v) is 17.3. The van der Waals surface area contributed by atoms with Crippen LogP contribution in [0.15, 0.2) is 41.8 Å². The van der Waals surface area contributed by atoms with Crippen molar-refractivity contribution in [3.05, 3.63) is 42.5 Å². The molecule has 1 heterocycles. The number of benzene rings is 1. The van der Waals surface area contributed by atoms with E-state index >= 15 is 0 Å². The number of hydrogen-bond acceptors (Lipinski definition) is 6. The van der Waals surface area contributed by atoms with E-state index in [2.05, 4.69) is 11.9 Å². The van der Waals surface area contributed by atoms with E-state index in [1.165, 1.54) is 48.5 Å². The van der Waals surface area contributed by atoms with Crippen LogP contribution in [0.5, 0.6) is 0 Å². The Bertz CT molecular complexity index is 891. The molecule has 1 fully saturated rings. The summed E-state index contributed by atoms with van der Waals surface area (Å²) in [5, 5.41) is 2.51. The average molecular weight is 423 g/mol. The highest BCUT2D eigenvalue weighted by atomic mass is 32.2. The van der Waals surface area contributed by atoms with E-state index in [4.69, 9.17) is 4.74 Å². The number of esters is 1. The highest BCUT2D eigenvalue weighted by molar-refractivity contribution is 7.89. The molecule has 1 atom stereocenters. The first-order valence-electron chi connectivity index (χ1n) is 9.12. The van der Waals surface area contributed by atoms with Crippen molar-refractivity contribution in [2.75, 3.05) is 32.7 Å². The molecule has 1 N–H and O–H groups in total. The number of hydrogen-bond donors (Lipinski definition) is 1. The molecule has 0 radical (unpaired) electrons. The number of sulfonamides is 1. The minimum Gasteiger partial charge on any atom is -0.449 e. The van der Waals surface area contributed by atoms with E-state index < -0.39 is 28.0 Å². The smallest absolute Gasteiger partial charge is 0.338 e. The molecule has 0 spiro atoms. The van der Waals surface area contributed by atoms with Crippen molar-refractivity contribution >= 4 is 27.8 Å². The van der Waals surface area contributed by atoms with Crippen LogP contribution in [0.2, 0.25) is 0 Å². The number of carbonyl (C=O) groups excluding carboxylic acids is 3. The fourth-order valence-electron chi connectivity index (χ4n) is 2.77. The molecule has 1 aliphatic rings. The molecular formula is C19H25N3O6S. The maximum atomic E-state index is 12.9. The Balaban J connectivity index is 2.10. The van der Waals surface area contributed by atoms with Gasteiger partial charge in [-0.2, -0.15) is 4.31 Å². The van der Waals surface area contributed by atoms with Crippen LogP contribution in [-0.4, -0.2) is 74.2 Å². The van der Waals surface area contributed by atoms with Crippen LogP contribution in [0.25, 0.3) is 0 Å². The van der Waals surface area contributed by atoms with E-state index in [0.29, 0.717) is 13.1 Å². The summed E-state index contributed by atoms with van der Waals surface area (Å²) < 4.78 is 32.2. The summed E-state index contributed by atoms with van der Waals surface area (Å²) in [7, 11) is -3.83. The Labute approximate surface area is 170 Å². The van der Waals surface area contributed by atoms with Crippen LogP contribution in [-0.2, 0) is 24.3 Å². The summed E-state index contributed by atoms with van der Waals surface area (Å²) in [4.78, 5) is 37.1. The van der Waals surface area contributed by atoms with Gasteiger partial charge in [0, 0.05) is 39.6 Å². The minimum atomic E-state index is -3.83. The van der Waals surface area contributed by atoms with Crippen molar-refractivity contribution in [1.29, 1.82) is 0 Å². The number of piperazine rings is 1. The topological polar surface area (TPSA) is 113 Å². The molecule has 0 aromatic heterocycles. The van der Waals surface area contributed by atoms with Gasteiger partial charge in [-0.1, -0.05) is 12.1 Å². The Morgan fingerprint density at radius 3 is 2.48 bits per heavy atom. The second-order valence-corrected chi connectivity index (χ2v) is 8.46. The number of nitrogens with zero attached hydrogens (tertiary/aromatic N) is 2. The lowest BCUT2D eigenvalue weighted by Gasteiger charge is -2.33. The van der Waals surface area contributed by atoms with E-state index in [0.717, 1.165) is 0 Å². The summed E-state index contributed by atoms with van der Waals surface area (Å²) in [5.74, 6) is -1.38. The van der Waals surface area contributed by atoms with Gasteiger partial charge in [0.05, 0.1) is 10.5 Å². The lowest BCUT2D eigenvalue weighted by molar-refractivity contribution is -0.130. The van der Waals surface area contributed by atoms with Gasteiger partial charge in [0.2, 0.25) is 15.9 Å². The number of amides is 2. The van der Waals surface area contributed by atoms with Crippen molar-refractivity contribution in [3.63, 3.8) is 0 Å². The second-order valence-electron chi connectivity index (χ2n) is 6.52. The number of ether oxygens (including phenoxy) is 1. The SMILES string of the molecule is C=CCNC(=O)[C@H](C)OC(=O)c1cccc(S(=O)(=O)N2CCN(C(C)=O)CC2)c1. The molecule has 0 aliphatic carbocycles.